The van der Waals surface area contributed by atoms with Crippen LogP contribution in [0.5, 0.6) is 5.75 Å². The highest BCUT2D eigenvalue weighted by Crippen LogP contribution is 2.25. The Kier molecular flexibility index (Phi) is 4.77. The Morgan fingerprint density at radius 3 is 2.62 bits per heavy atom. The van der Waals surface area contributed by atoms with E-state index in [1.165, 1.54) is 6.33 Å². The third kappa shape index (κ3) is 3.55. The number of aromatic hydroxyl groups is 1. The summed E-state index contributed by atoms with van der Waals surface area (Å²) in [5.74, 6) is 0.221. The van der Waals surface area contributed by atoms with Gasteiger partial charge < -0.3 is 5.11 Å². The Bertz CT molecular complexity index is 856. The summed E-state index contributed by atoms with van der Waals surface area (Å²) in [4.78, 5) is 5.66. The number of benzene rings is 2. The van der Waals surface area contributed by atoms with Gasteiger partial charge in [-0.25, -0.2) is 4.98 Å². The van der Waals surface area contributed by atoms with Crippen LogP contribution in [-0.2, 0) is 6.42 Å². The molecule has 0 atom stereocenters. The van der Waals surface area contributed by atoms with Gasteiger partial charge in [0.15, 0.2) is 0 Å². The first-order chi connectivity index (χ1) is 11.7. The van der Waals surface area contributed by atoms with Crippen LogP contribution in [0, 0.1) is 11.3 Å². The molecule has 0 bridgehead atoms. The first kappa shape index (κ1) is 16.0. The number of hydrogen-bond acceptors (Lipinski definition) is 5. The summed E-state index contributed by atoms with van der Waals surface area (Å²) in [7, 11) is 0. The lowest BCUT2D eigenvalue weighted by atomic mass is 10.1. The maximum atomic E-state index is 9.59. The van der Waals surface area contributed by atoms with E-state index in [0.29, 0.717) is 16.6 Å². The normalized spacial score (nSPS) is 10.3. The fourth-order valence-corrected chi connectivity index (χ4v) is 2.75. The fraction of sp³-hybridized carbons (Fsp3) is 0.118. The van der Waals surface area contributed by atoms with Crippen LogP contribution in [0.15, 0.2) is 59.6 Å². The predicted octanol–water partition coefficient (Wildman–Crippen LogP) is 3.13. The number of nitrogens with zero attached hydrogens (tertiary/aromatic N) is 5. The standard InChI is InChI=1S/C17H14BrN5O/c18-16-9-13(3-6-17(16)24)7-8-22(23-12-20-11-21-23)15-4-1-14(10-19)2-5-15/h1-6,9,11-12,24H,7-8H2. The molecule has 0 aliphatic rings. The minimum atomic E-state index is 0.221. The lowest BCUT2D eigenvalue weighted by Crippen LogP contribution is -2.32. The van der Waals surface area contributed by atoms with Gasteiger partial charge >= 0.3 is 0 Å². The summed E-state index contributed by atoms with van der Waals surface area (Å²) >= 11 is 3.33. The Morgan fingerprint density at radius 2 is 2.00 bits per heavy atom. The minimum absolute atomic E-state index is 0.221. The van der Waals surface area contributed by atoms with E-state index >= 15 is 0 Å². The van der Waals surface area contributed by atoms with E-state index in [9.17, 15) is 5.11 Å². The average Bonchev–Trinajstić information content (AvgIpc) is 3.13. The SMILES string of the molecule is N#Cc1ccc(N(CCc2ccc(O)c(Br)c2)n2cncn2)cc1. The van der Waals surface area contributed by atoms with Crippen molar-refractivity contribution in [2.24, 2.45) is 0 Å². The molecule has 0 aliphatic heterocycles. The maximum absolute atomic E-state index is 9.59. The monoisotopic (exact) mass is 383 g/mol. The number of halogens is 1. The summed E-state index contributed by atoms with van der Waals surface area (Å²) < 4.78 is 0.672. The van der Waals surface area contributed by atoms with Gasteiger partial charge in [0.2, 0.25) is 0 Å². The summed E-state index contributed by atoms with van der Waals surface area (Å²) in [6, 6.07) is 14.9. The molecule has 0 fully saturated rings. The molecule has 0 amide bonds. The van der Waals surface area contributed by atoms with E-state index in [-0.39, 0.29) is 5.75 Å². The van der Waals surface area contributed by atoms with Crippen molar-refractivity contribution >= 4 is 21.6 Å². The van der Waals surface area contributed by atoms with Crippen molar-refractivity contribution in [2.45, 2.75) is 6.42 Å². The highest BCUT2D eigenvalue weighted by molar-refractivity contribution is 9.10. The molecular formula is C17H14BrN5O. The molecule has 0 aliphatic carbocycles. The predicted molar refractivity (Wildman–Crippen MR) is 93.4 cm³/mol. The fourth-order valence-electron chi connectivity index (χ4n) is 2.33. The highest BCUT2D eigenvalue weighted by Gasteiger charge is 2.10. The molecule has 3 rings (SSSR count). The molecule has 0 saturated heterocycles. The van der Waals surface area contributed by atoms with Gasteiger partial charge in [-0.1, -0.05) is 6.07 Å². The second-order valence-electron chi connectivity index (χ2n) is 5.13. The van der Waals surface area contributed by atoms with Gasteiger partial charge in [0.05, 0.1) is 21.8 Å². The lowest BCUT2D eigenvalue weighted by molar-refractivity contribution is 0.471. The lowest BCUT2D eigenvalue weighted by Gasteiger charge is -2.24. The quantitative estimate of drug-likeness (QED) is 0.731. The van der Waals surface area contributed by atoms with Gasteiger partial charge in [0.25, 0.3) is 0 Å². The van der Waals surface area contributed by atoms with Crippen molar-refractivity contribution in [2.75, 3.05) is 11.6 Å². The van der Waals surface area contributed by atoms with Gasteiger partial charge in [-0.05, 0) is 64.3 Å². The van der Waals surface area contributed by atoms with Gasteiger partial charge in [-0.15, -0.1) is 5.10 Å². The van der Waals surface area contributed by atoms with E-state index < -0.39 is 0 Å². The van der Waals surface area contributed by atoms with Crippen molar-refractivity contribution in [3.05, 3.63) is 70.7 Å². The van der Waals surface area contributed by atoms with Crippen molar-refractivity contribution in [3.63, 3.8) is 0 Å². The zero-order valence-corrected chi connectivity index (χ0v) is 14.3. The van der Waals surface area contributed by atoms with E-state index in [0.717, 1.165) is 17.7 Å². The molecular weight excluding hydrogens is 370 g/mol. The Balaban J connectivity index is 1.82. The molecule has 0 unspecified atom stereocenters. The zero-order valence-electron chi connectivity index (χ0n) is 12.7. The molecule has 2 aromatic carbocycles. The molecule has 0 radical (unpaired) electrons. The van der Waals surface area contributed by atoms with Crippen LogP contribution >= 0.6 is 15.9 Å². The molecule has 24 heavy (non-hydrogen) atoms. The molecule has 120 valence electrons. The van der Waals surface area contributed by atoms with E-state index in [1.807, 2.05) is 29.3 Å². The molecule has 1 aromatic heterocycles. The Hall–Kier alpha value is -2.85. The van der Waals surface area contributed by atoms with Crippen LogP contribution in [-0.4, -0.2) is 26.5 Å². The Morgan fingerprint density at radius 1 is 1.21 bits per heavy atom. The smallest absolute Gasteiger partial charge is 0.139 e. The molecule has 3 aromatic rings. The Labute approximate surface area is 147 Å². The number of aromatic nitrogens is 3. The average molecular weight is 384 g/mol. The number of phenolic OH excluding ortho intramolecular Hbond substituents is 1. The summed E-state index contributed by atoms with van der Waals surface area (Å²) in [5.41, 5.74) is 2.61. The second-order valence-corrected chi connectivity index (χ2v) is 5.99. The summed E-state index contributed by atoms with van der Waals surface area (Å²) in [5, 5.41) is 24.7. The van der Waals surface area contributed by atoms with E-state index in [4.69, 9.17) is 5.26 Å². The van der Waals surface area contributed by atoms with Crippen LogP contribution in [0.2, 0.25) is 0 Å². The molecule has 7 heteroatoms. The van der Waals surface area contributed by atoms with Gasteiger partial charge in [0.1, 0.15) is 18.4 Å². The third-order valence-electron chi connectivity index (χ3n) is 3.57. The van der Waals surface area contributed by atoms with E-state index in [1.54, 1.807) is 29.3 Å². The molecule has 1 heterocycles. The van der Waals surface area contributed by atoms with Crippen molar-refractivity contribution in [3.8, 4) is 11.8 Å². The highest BCUT2D eigenvalue weighted by atomic mass is 79.9. The van der Waals surface area contributed by atoms with Crippen molar-refractivity contribution in [1.29, 1.82) is 5.26 Å². The molecule has 6 nitrogen and oxygen atoms in total. The van der Waals surface area contributed by atoms with Gasteiger partial charge in [0, 0.05) is 6.54 Å². The van der Waals surface area contributed by atoms with Crippen molar-refractivity contribution < 1.29 is 5.11 Å². The molecule has 0 spiro atoms. The van der Waals surface area contributed by atoms with Crippen LogP contribution in [0.4, 0.5) is 5.69 Å². The minimum Gasteiger partial charge on any atom is -0.507 e. The number of nitriles is 1. The van der Waals surface area contributed by atoms with Crippen LogP contribution in [0.25, 0.3) is 0 Å². The number of anilines is 1. The first-order valence-electron chi connectivity index (χ1n) is 7.27. The van der Waals surface area contributed by atoms with Gasteiger partial charge in [-0.3, -0.25) is 5.01 Å². The van der Waals surface area contributed by atoms with Gasteiger partial charge in [-0.2, -0.15) is 10.1 Å². The number of phenols is 1. The molecule has 1 N–H and O–H groups in total. The number of rotatable bonds is 5. The maximum Gasteiger partial charge on any atom is 0.139 e. The summed E-state index contributed by atoms with van der Waals surface area (Å²) in [6.45, 7) is 0.659. The summed E-state index contributed by atoms with van der Waals surface area (Å²) in [6.07, 6.45) is 3.86. The molecule has 0 saturated carbocycles. The number of hydrogen-bond donors (Lipinski definition) is 1. The van der Waals surface area contributed by atoms with Crippen molar-refractivity contribution in [1.82, 2.24) is 14.9 Å². The van der Waals surface area contributed by atoms with E-state index in [2.05, 4.69) is 32.1 Å². The topological polar surface area (TPSA) is 78.0 Å². The second kappa shape index (κ2) is 7.15. The third-order valence-corrected chi connectivity index (χ3v) is 4.21. The van der Waals surface area contributed by atoms with Crippen LogP contribution in [0.3, 0.4) is 0 Å². The van der Waals surface area contributed by atoms with Crippen LogP contribution in [0.1, 0.15) is 11.1 Å². The van der Waals surface area contributed by atoms with Crippen LogP contribution < -0.4 is 5.01 Å². The zero-order chi connectivity index (χ0) is 16.9. The largest absolute Gasteiger partial charge is 0.507 e. The first-order valence-corrected chi connectivity index (χ1v) is 8.06.